The molecule has 3 rings (SSSR count). The largest absolute Gasteiger partial charge is 0.481 e. The molecule has 1 N–H and O–H groups in total. The van der Waals surface area contributed by atoms with Crippen molar-refractivity contribution in [1.82, 2.24) is 5.32 Å². The van der Waals surface area contributed by atoms with E-state index in [9.17, 15) is 9.59 Å². The van der Waals surface area contributed by atoms with Gasteiger partial charge in [0.25, 0.3) is 5.91 Å². The van der Waals surface area contributed by atoms with Gasteiger partial charge in [0.2, 0.25) is 6.79 Å². The van der Waals surface area contributed by atoms with Crippen molar-refractivity contribution in [2.45, 2.75) is 13.5 Å². The fraction of sp³-hybridized carbons (Fsp3) is 0.222. The number of hydrogen-bond acceptors (Lipinski definition) is 5. The number of benzene rings is 2. The van der Waals surface area contributed by atoms with E-state index in [0.29, 0.717) is 23.1 Å². The van der Waals surface area contributed by atoms with Crippen LogP contribution in [-0.4, -0.2) is 25.1 Å². The molecule has 0 saturated carbocycles. The van der Waals surface area contributed by atoms with Gasteiger partial charge < -0.3 is 19.5 Å². The normalized spacial score (nSPS) is 12.0. The van der Waals surface area contributed by atoms with E-state index in [1.54, 1.807) is 12.1 Å². The molecular weight excluding hydrogens is 381 g/mol. The minimum atomic E-state index is -0.358. The summed E-state index contributed by atoms with van der Waals surface area (Å²) in [5.41, 5.74) is 1.09. The maximum atomic E-state index is 12.0. The summed E-state index contributed by atoms with van der Waals surface area (Å²) in [4.78, 5) is 23.7. The lowest BCUT2D eigenvalue weighted by Crippen LogP contribution is -2.28. The SMILES string of the molecule is CC(=O)c1cc(Cl)cc(Cl)c1OCC(=O)NCc1ccc2c(c1)OCO2. The number of carbonyl (C=O) groups is 2. The first-order valence-electron chi connectivity index (χ1n) is 7.72. The lowest BCUT2D eigenvalue weighted by Gasteiger charge is -2.12. The van der Waals surface area contributed by atoms with Crippen LogP contribution in [0.15, 0.2) is 30.3 Å². The van der Waals surface area contributed by atoms with Crippen LogP contribution < -0.4 is 19.5 Å². The van der Waals surface area contributed by atoms with Gasteiger partial charge in [0.1, 0.15) is 5.75 Å². The second kappa shape index (κ2) is 7.85. The van der Waals surface area contributed by atoms with E-state index < -0.39 is 0 Å². The molecule has 1 aliphatic rings. The lowest BCUT2D eigenvalue weighted by molar-refractivity contribution is -0.123. The molecule has 2 aromatic carbocycles. The van der Waals surface area contributed by atoms with Crippen molar-refractivity contribution < 1.29 is 23.8 Å². The molecular formula is C18H15Cl2NO5. The molecule has 6 nitrogen and oxygen atoms in total. The topological polar surface area (TPSA) is 73.9 Å². The monoisotopic (exact) mass is 395 g/mol. The smallest absolute Gasteiger partial charge is 0.258 e. The van der Waals surface area contributed by atoms with Crippen molar-refractivity contribution in [3.8, 4) is 17.2 Å². The summed E-state index contributed by atoms with van der Waals surface area (Å²) in [6.07, 6.45) is 0. The highest BCUT2D eigenvalue weighted by atomic mass is 35.5. The van der Waals surface area contributed by atoms with E-state index in [1.165, 1.54) is 19.1 Å². The van der Waals surface area contributed by atoms with Crippen LogP contribution in [0.25, 0.3) is 0 Å². The van der Waals surface area contributed by atoms with Crippen LogP contribution in [-0.2, 0) is 11.3 Å². The van der Waals surface area contributed by atoms with Gasteiger partial charge in [-0.1, -0.05) is 29.3 Å². The molecule has 0 unspecified atom stereocenters. The predicted octanol–water partition coefficient (Wildman–Crippen LogP) is 3.62. The quantitative estimate of drug-likeness (QED) is 0.756. The molecule has 0 aromatic heterocycles. The average Bonchev–Trinajstić information content (AvgIpc) is 3.06. The summed E-state index contributed by atoms with van der Waals surface area (Å²) in [5, 5.41) is 3.22. The molecule has 0 spiro atoms. The highest BCUT2D eigenvalue weighted by molar-refractivity contribution is 6.36. The number of fused-ring (bicyclic) bond motifs is 1. The Morgan fingerprint density at radius 3 is 2.69 bits per heavy atom. The number of hydrogen-bond donors (Lipinski definition) is 1. The van der Waals surface area contributed by atoms with Crippen molar-refractivity contribution in [2.24, 2.45) is 0 Å². The Morgan fingerprint density at radius 1 is 1.15 bits per heavy atom. The summed E-state index contributed by atoms with van der Waals surface area (Å²) >= 11 is 12.0. The minimum Gasteiger partial charge on any atom is -0.481 e. The van der Waals surface area contributed by atoms with Crippen LogP contribution in [0.2, 0.25) is 10.0 Å². The average molecular weight is 396 g/mol. The van der Waals surface area contributed by atoms with Crippen molar-refractivity contribution in [3.05, 3.63) is 51.5 Å². The Morgan fingerprint density at radius 2 is 1.92 bits per heavy atom. The molecule has 136 valence electrons. The number of Topliss-reactive ketones (excluding diaryl/α,β-unsaturated/α-hetero) is 1. The fourth-order valence-electron chi connectivity index (χ4n) is 2.41. The number of ether oxygens (including phenoxy) is 3. The zero-order valence-corrected chi connectivity index (χ0v) is 15.3. The Kier molecular flexibility index (Phi) is 5.54. The van der Waals surface area contributed by atoms with Crippen molar-refractivity contribution >= 4 is 34.9 Å². The Hall–Kier alpha value is -2.44. The Balaban J connectivity index is 1.59. The van der Waals surface area contributed by atoms with Gasteiger partial charge in [0, 0.05) is 11.6 Å². The van der Waals surface area contributed by atoms with Crippen LogP contribution in [0, 0.1) is 0 Å². The molecule has 1 aliphatic heterocycles. The molecule has 0 radical (unpaired) electrons. The summed E-state index contributed by atoms with van der Waals surface area (Å²) < 4.78 is 16.0. The first kappa shape index (κ1) is 18.4. The fourth-order valence-corrected chi connectivity index (χ4v) is 2.96. The molecule has 1 amide bonds. The number of halogens is 2. The Bertz CT molecular complexity index is 869. The molecule has 26 heavy (non-hydrogen) atoms. The Labute approximate surface area is 159 Å². The van der Waals surface area contributed by atoms with Gasteiger partial charge in [-0.15, -0.1) is 0 Å². The van der Waals surface area contributed by atoms with Gasteiger partial charge in [-0.3, -0.25) is 9.59 Å². The molecule has 0 atom stereocenters. The van der Waals surface area contributed by atoms with Gasteiger partial charge in [-0.2, -0.15) is 0 Å². The van der Waals surface area contributed by atoms with E-state index in [1.807, 2.05) is 6.07 Å². The number of amides is 1. The first-order chi connectivity index (χ1) is 12.4. The number of rotatable bonds is 6. The summed E-state index contributed by atoms with van der Waals surface area (Å²) in [5.74, 6) is 0.847. The molecule has 0 bridgehead atoms. The standard InChI is InChI=1S/C18H15Cl2NO5/c1-10(22)13-5-12(19)6-14(20)18(13)24-8-17(23)21-7-11-2-3-15-16(4-11)26-9-25-15/h2-6H,7-9H2,1H3,(H,21,23). The number of carbonyl (C=O) groups excluding carboxylic acids is 2. The molecule has 2 aromatic rings. The van der Waals surface area contributed by atoms with E-state index in [2.05, 4.69) is 5.32 Å². The molecule has 0 aliphatic carbocycles. The third kappa shape index (κ3) is 4.20. The van der Waals surface area contributed by atoms with Crippen molar-refractivity contribution in [3.63, 3.8) is 0 Å². The highest BCUT2D eigenvalue weighted by Crippen LogP contribution is 2.33. The summed E-state index contributed by atoms with van der Waals surface area (Å²) in [6.45, 7) is 1.58. The second-order valence-electron chi connectivity index (χ2n) is 5.57. The highest BCUT2D eigenvalue weighted by Gasteiger charge is 2.16. The van der Waals surface area contributed by atoms with E-state index in [4.69, 9.17) is 37.4 Å². The van der Waals surface area contributed by atoms with Gasteiger partial charge >= 0.3 is 0 Å². The van der Waals surface area contributed by atoms with Crippen molar-refractivity contribution in [1.29, 1.82) is 0 Å². The number of nitrogens with one attached hydrogen (secondary N) is 1. The minimum absolute atomic E-state index is 0.141. The molecule has 0 saturated heterocycles. The van der Waals surface area contributed by atoms with Crippen LogP contribution in [0.1, 0.15) is 22.8 Å². The van der Waals surface area contributed by atoms with E-state index >= 15 is 0 Å². The van der Waals surface area contributed by atoms with Gasteiger partial charge in [-0.25, -0.2) is 0 Å². The van der Waals surface area contributed by atoms with Crippen LogP contribution >= 0.6 is 23.2 Å². The van der Waals surface area contributed by atoms with Gasteiger partial charge in [0.05, 0.1) is 10.6 Å². The van der Waals surface area contributed by atoms with Crippen LogP contribution in [0.3, 0.4) is 0 Å². The zero-order valence-electron chi connectivity index (χ0n) is 13.8. The van der Waals surface area contributed by atoms with Gasteiger partial charge in [0.15, 0.2) is 23.9 Å². The van der Waals surface area contributed by atoms with Gasteiger partial charge in [-0.05, 0) is 36.8 Å². The lowest BCUT2D eigenvalue weighted by atomic mass is 10.1. The van der Waals surface area contributed by atoms with E-state index in [-0.39, 0.29) is 41.4 Å². The summed E-state index contributed by atoms with van der Waals surface area (Å²) in [7, 11) is 0. The molecule has 8 heteroatoms. The van der Waals surface area contributed by atoms with Crippen LogP contribution in [0.5, 0.6) is 17.2 Å². The zero-order chi connectivity index (χ0) is 18.7. The predicted molar refractivity (Wildman–Crippen MR) is 96.4 cm³/mol. The number of ketones is 1. The molecule has 0 fully saturated rings. The maximum absolute atomic E-state index is 12.0. The first-order valence-corrected chi connectivity index (χ1v) is 8.47. The molecule has 1 heterocycles. The summed E-state index contributed by atoms with van der Waals surface area (Å²) in [6, 6.07) is 8.32. The van der Waals surface area contributed by atoms with Crippen LogP contribution in [0.4, 0.5) is 0 Å². The maximum Gasteiger partial charge on any atom is 0.258 e. The second-order valence-corrected chi connectivity index (χ2v) is 6.42. The third-order valence-corrected chi connectivity index (χ3v) is 4.16. The third-order valence-electron chi connectivity index (χ3n) is 3.66. The van der Waals surface area contributed by atoms with Crippen molar-refractivity contribution in [2.75, 3.05) is 13.4 Å². The van der Waals surface area contributed by atoms with E-state index in [0.717, 1.165) is 5.56 Å².